The Morgan fingerprint density at radius 2 is 1.79 bits per heavy atom. The number of anilines is 3. The molecule has 2 N–H and O–H groups in total. The number of hydrogen-bond acceptors (Lipinski definition) is 6. The van der Waals surface area contributed by atoms with Crippen molar-refractivity contribution < 1.29 is 4.79 Å². The SMILES string of the molecule is CCN(CC)c1ccc(Nc2cc(C(=O)NCc3ccncc3)ncn2)c(C)c1. The maximum Gasteiger partial charge on any atom is 0.270 e. The maximum atomic E-state index is 12.4. The third kappa shape index (κ3) is 5.28. The molecule has 0 aliphatic rings. The van der Waals surface area contributed by atoms with Crippen LogP contribution in [0.2, 0.25) is 0 Å². The number of carbonyl (C=O) groups excluding carboxylic acids is 1. The number of hydrogen-bond donors (Lipinski definition) is 2. The molecule has 3 rings (SSSR count). The van der Waals surface area contributed by atoms with Gasteiger partial charge in [-0.15, -0.1) is 0 Å². The minimum absolute atomic E-state index is 0.249. The molecule has 0 aliphatic carbocycles. The van der Waals surface area contributed by atoms with Gasteiger partial charge in [-0.3, -0.25) is 9.78 Å². The van der Waals surface area contributed by atoms with E-state index in [9.17, 15) is 4.79 Å². The Balaban J connectivity index is 1.68. The first-order valence-corrected chi connectivity index (χ1v) is 9.72. The lowest BCUT2D eigenvalue weighted by Crippen LogP contribution is -2.24. The van der Waals surface area contributed by atoms with Crippen LogP contribution >= 0.6 is 0 Å². The third-order valence-electron chi connectivity index (χ3n) is 4.70. The quantitative estimate of drug-likeness (QED) is 0.610. The highest BCUT2D eigenvalue weighted by molar-refractivity contribution is 5.93. The minimum atomic E-state index is -0.249. The van der Waals surface area contributed by atoms with Crippen LogP contribution in [0.15, 0.2) is 55.1 Å². The molecule has 0 saturated carbocycles. The highest BCUT2D eigenvalue weighted by Gasteiger charge is 2.10. The molecule has 29 heavy (non-hydrogen) atoms. The van der Waals surface area contributed by atoms with Gasteiger partial charge in [-0.2, -0.15) is 0 Å². The molecular formula is C22H26N6O. The molecule has 0 aliphatic heterocycles. The van der Waals surface area contributed by atoms with Gasteiger partial charge < -0.3 is 15.5 Å². The summed E-state index contributed by atoms with van der Waals surface area (Å²) >= 11 is 0. The number of carbonyl (C=O) groups is 1. The Morgan fingerprint density at radius 1 is 1.03 bits per heavy atom. The van der Waals surface area contributed by atoms with E-state index >= 15 is 0 Å². The zero-order chi connectivity index (χ0) is 20.6. The summed E-state index contributed by atoms with van der Waals surface area (Å²) in [5.74, 6) is 0.327. The molecule has 2 aromatic heterocycles. The fourth-order valence-corrected chi connectivity index (χ4v) is 3.03. The number of amides is 1. The van der Waals surface area contributed by atoms with Crippen molar-refractivity contribution in [2.24, 2.45) is 0 Å². The smallest absolute Gasteiger partial charge is 0.270 e. The third-order valence-corrected chi connectivity index (χ3v) is 4.70. The molecule has 0 saturated heterocycles. The normalized spacial score (nSPS) is 10.4. The second-order valence-electron chi connectivity index (χ2n) is 6.62. The number of pyridine rings is 1. The van der Waals surface area contributed by atoms with Crippen molar-refractivity contribution in [1.29, 1.82) is 0 Å². The molecule has 0 radical (unpaired) electrons. The summed E-state index contributed by atoms with van der Waals surface area (Å²) in [6.07, 6.45) is 4.79. The van der Waals surface area contributed by atoms with E-state index in [2.05, 4.69) is 63.4 Å². The second kappa shape index (κ2) is 9.64. The van der Waals surface area contributed by atoms with Crippen molar-refractivity contribution in [2.75, 3.05) is 23.3 Å². The molecule has 7 nitrogen and oxygen atoms in total. The summed E-state index contributed by atoms with van der Waals surface area (Å²) in [6, 6.07) is 11.6. The zero-order valence-electron chi connectivity index (χ0n) is 17.0. The predicted molar refractivity (Wildman–Crippen MR) is 115 cm³/mol. The Kier molecular flexibility index (Phi) is 6.73. The van der Waals surface area contributed by atoms with Gasteiger partial charge in [-0.25, -0.2) is 9.97 Å². The molecule has 0 unspecified atom stereocenters. The summed E-state index contributed by atoms with van der Waals surface area (Å²) in [7, 11) is 0. The topological polar surface area (TPSA) is 83.0 Å². The molecule has 0 fully saturated rings. The molecule has 7 heteroatoms. The van der Waals surface area contributed by atoms with Crippen molar-refractivity contribution >= 4 is 23.1 Å². The fourth-order valence-electron chi connectivity index (χ4n) is 3.03. The monoisotopic (exact) mass is 390 g/mol. The summed E-state index contributed by atoms with van der Waals surface area (Å²) in [6.45, 7) is 8.69. The van der Waals surface area contributed by atoms with E-state index in [0.717, 1.165) is 29.9 Å². The van der Waals surface area contributed by atoms with Crippen molar-refractivity contribution in [3.05, 3.63) is 71.9 Å². The largest absolute Gasteiger partial charge is 0.372 e. The van der Waals surface area contributed by atoms with Crippen molar-refractivity contribution in [2.45, 2.75) is 27.3 Å². The van der Waals surface area contributed by atoms with Gasteiger partial charge in [-0.05, 0) is 62.2 Å². The maximum absolute atomic E-state index is 12.4. The van der Waals surface area contributed by atoms with Gasteiger partial charge in [0.2, 0.25) is 0 Å². The summed E-state index contributed by atoms with van der Waals surface area (Å²) in [4.78, 5) is 27.0. The van der Waals surface area contributed by atoms with E-state index in [4.69, 9.17) is 0 Å². The van der Waals surface area contributed by atoms with Crippen LogP contribution in [0.1, 0.15) is 35.5 Å². The average molecular weight is 390 g/mol. The molecule has 1 amide bonds. The van der Waals surface area contributed by atoms with Gasteiger partial charge in [0, 0.05) is 49.5 Å². The van der Waals surface area contributed by atoms with Crippen LogP contribution in [0.5, 0.6) is 0 Å². The highest BCUT2D eigenvalue weighted by Crippen LogP contribution is 2.25. The number of aromatic nitrogens is 3. The van der Waals surface area contributed by atoms with Gasteiger partial charge in [0.1, 0.15) is 17.8 Å². The van der Waals surface area contributed by atoms with Crippen molar-refractivity contribution in [3.63, 3.8) is 0 Å². The summed E-state index contributed by atoms with van der Waals surface area (Å²) in [5, 5.41) is 6.15. The van der Waals surface area contributed by atoms with Gasteiger partial charge in [0.25, 0.3) is 5.91 Å². The zero-order valence-corrected chi connectivity index (χ0v) is 17.0. The van der Waals surface area contributed by atoms with E-state index in [1.807, 2.05) is 18.2 Å². The number of aryl methyl sites for hydroxylation is 1. The average Bonchev–Trinajstić information content (AvgIpc) is 2.75. The van der Waals surface area contributed by atoms with Crippen LogP contribution in [0.25, 0.3) is 0 Å². The molecular weight excluding hydrogens is 364 g/mol. The molecule has 150 valence electrons. The first-order chi connectivity index (χ1) is 14.1. The lowest BCUT2D eigenvalue weighted by Gasteiger charge is -2.22. The Labute approximate surface area is 171 Å². The van der Waals surface area contributed by atoms with Crippen LogP contribution in [0, 0.1) is 6.92 Å². The molecule has 1 aromatic carbocycles. The van der Waals surface area contributed by atoms with Crippen LogP contribution < -0.4 is 15.5 Å². The highest BCUT2D eigenvalue weighted by atomic mass is 16.1. The van der Waals surface area contributed by atoms with E-state index < -0.39 is 0 Å². The van der Waals surface area contributed by atoms with E-state index in [1.165, 1.54) is 12.0 Å². The predicted octanol–water partition coefficient (Wildman–Crippen LogP) is 3.70. The van der Waals surface area contributed by atoms with Gasteiger partial charge in [-0.1, -0.05) is 0 Å². The van der Waals surface area contributed by atoms with E-state index in [0.29, 0.717) is 18.1 Å². The lowest BCUT2D eigenvalue weighted by molar-refractivity contribution is 0.0946. The molecule has 2 heterocycles. The van der Waals surface area contributed by atoms with Gasteiger partial charge in [0.15, 0.2) is 0 Å². The number of rotatable bonds is 8. The van der Waals surface area contributed by atoms with Crippen LogP contribution in [-0.2, 0) is 6.54 Å². The second-order valence-corrected chi connectivity index (χ2v) is 6.62. The number of nitrogens with zero attached hydrogens (tertiary/aromatic N) is 4. The summed E-state index contributed by atoms with van der Waals surface area (Å²) in [5.41, 5.74) is 4.54. The first-order valence-electron chi connectivity index (χ1n) is 9.72. The fraction of sp³-hybridized carbons (Fsp3) is 0.273. The minimum Gasteiger partial charge on any atom is -0.372 e. The Morgan fingerprint density at radius 3 is 2.48 bits per heavy atom. The Hall–Kier alpha value is -3.48. The molecule has 0 spiro atoms. The standard InChI is InChI=1S/C22H26N6O/c1-4-28(5-2)18-6-7-19(16(3)12-18)27-21-13-20(25-15-26-21)22(29)24-14-17-8-10-23-11-9-17/h6-13,15H,4-5,14H2,1-3H3,(H,24,29)(H,25,26,27). The first kappa shape index (κ1) is 20.3. The Bertz CT molecular complexity index is 957. The van der Waals surface area contributed by atoms with Crippen molar-refractivity contribution in [1.82, 2.24) is 20.3 Å². The van der Waals surface area contributed by atoms with E-state index in [1.54, 1.807) is 18.5 Å². The van der Waals surface area contributed by atoms with E-state index in [-0.39, 0.29) is 5.91 Å². The van der Waals surface area contributed by atoms with Crippen molar-refractivity contribution in [3.8, 4) is 0 Å². The van der Waals surface area contributed by atoms with Gasteiger partial charge >= 0.3 is 0 Å². The number of nitrogens with one attached hydrogen (secondary N) is 2. The molecule has 3 aromatic rings. The lowest BCUT2D eigenvalue weighted by atomic mass is 10.1. The summed E-state index contributed by atoms with van der Waals surface area (Å²) < 4.78 is 0. The van der Waals surface area contributed by atoms with Crippen LogP contribution in [0.4, 0.5) is 17.2 Å². The number of benzene rings is 1. The van der Waals surface area contributed by atoms with Gasteiger partial charge in [0.05, 0.1) is 0 Å². The van der Waals surface area contributed by atoms with Crippen LogP contribution in [-0.4, -0.2) is 33.9 Å². The molecule has 0 atom stereocenters. The molecule has 0 bridgehead atoms. The van der Waals surface area contributed by atoms with Crippen LogP contribution in [0.3, 0.4) is 0 Å².